The first-order chi connectivity index (χ1) is 16.0. The fraction of sp³-hybridized carbons (Fsp3) is 0.720. The van der Waals surface area contributed by atoms with Crippen LogP contribution in [-0.2, 0) is 9.53 Å². The molecule has 188 valence electrons. The molecule has 1 heterocycles. The van der Waals surface area contributed by atoms with Crippen LogP contribution in [0.5, 0.6) is 5.75 Å². The summed E-state index contributed by atoms with van der Waals surface area (Å²) in [5, 5.41) is 23.9. The summed E-state index contributed by atoms with van der Waals surface area (Å²) >= 11 is 0. The Morgan fingerprint density at radius 1 is 1.18 bits per heavy atom. The second-order valence-electron chi connectivity index (χ2n) is 8.70. The lowest BCUT2D eigenvalue weighted by Gasteiger charge is -2.29. The lowest BCUT2D eigenvalue weighted by Crippen LogP contribution is -2.47. The Morgan fingerprint density at radius 2 is 1.97 bits per heavy atom. The molecule has 1 saturated heterocycles. The molecular formula is C25H41FN2O5. The minimum absolute atomic E-state index is 0.108. The number of benzene rings is 1. The van der Waals surface area contributed by atoms with Crippen molar-refractivity contribution in [2.45, 2.75) is 70.1 Å². The minimum atomic E-state index is -0.870. The van der Waals surface area contributed by atoms with Crippen molar-refractivity contribution >= 4 is 5.91 Å². The Morgan fingerprint density at radius 3 is 2.64 bits per heavy atom. The van der Waals surface area contributed by atoms with E-state index in [2.05, 4.69) is 17.1 Å². The fourth-order valence-corrected chi connectivity index (χ4v) is 3.91. The molecule has 1 aromatic carbocycles. The molecule has 1 aromatic rings. The molecule has 1 amide bonds. The number of unbranched alkanes of at least 4 members (excludes halogenated alkanes) is 3. The molecule has 7 nitrogen and oxygen atoms in total. The zero-order valence-corrected chi connectivity index (χ0v) is 19.9. The zero-order chi connectivity index (χ0) is 23.9. The van der Waals surface area contributed by atoms with E-state index in [0.29, 0.717) is 51.1 Å². The van der Waals surface area contributed by atoms with E-state index in [1.807, 2.05) is 24.3 Å². The van der Waals surface area contributed by atoms with Gasteiger partial charge in [-0.3, -0.25) is 9.69 Å². The van der Waals surface area contributed by atoms with Crippen molar-refractivity contribution in [3.63, 3.8) is 0 Å². The van der Waals surface area contributed by atoms with Gasteiger partial charge in [-0.25, -0.2) is 4.39 Å². The molecule has 1 aliphatic rings. The number of hydrogen-bond donors (Lipinski definition) is 3. The monoisotopic (exact) mass is 468 g/mol. The third-order valence-electron chi connectivity index (χ3n) is 5.83. The molecule has 0 bridgehead atoms. The van der Waals surface area contributed by atoms with Crippen LogP contribution in [0.25, 0.3) is 0 Å². The number of β-amino-alcohol motifs (C(OH)–C–C–N with tert-alkyl or cyclic N) is 1. The number of ether oxygens (including phenoxy) is 2. The highest BCUT2D eigenvalue weighted by Gasteiger charge is 2.28. The predicted octanol–water partition coefficient (Wildman–Crippen LogP) is 3.00. The number of nitrogens with zero attached hydrogens (tertiary/aromatic N) is 1. The Hall–Kier alpha value is -1.74. The van der Waals surface area contributed by atoms with E-state index >= 15 is 0 Å². The summed E-state index contributed by atoms with van der Waals surface area (Å²) in [4.78, 5) is 14.6. The molecule has 3 N–H and O–H groups in total. The van der Waals surface area contributed by atoms with Gasteiger partial charge in [0.2, 0.25) is 5.91 Å². The van der Waals surface area contributed by atoms with E-state index in [9.17, 15) is 19.4 Å². The van der Waals surface area contributed by atoms with Gasteiger partial charge in [0.15, 0.2) is 0 Å². The molecule has 0 aromatic heterocycles. The third-order valence-corrected chi connectivity index (χ3v) is 5.83. The zero-order valence-electron chi connectivity index (χ0n) is 19.9. The van der Waals surface area contributed by atoms with Crippen molar-refractivity contribution in [3.05, 3.63) is 29.8 Å². The summed E-state index contributed by atoms with van der Waals surface area (Å²) in [7, 11) is 0. The first-order valence-corrected chi connectivity index (χ1v) is 12.3. The maximum atomic E-state index is 12.6. The Bertz CT molecular complexity index is 661. The lowest BCUT2D eigenvalue weighted by atomic mass is 10.0. The molecule has 0 saturated carbocycles. The molecule has 0 unspecified atom stereocenters. The minimum Gasteiger partial charge on any atom is -0.494 e. The smallest absolute Gasteiger partial charge is 0.220 e. The Labute approximate surface area is 197 Å². The van der Waals surface area contributed by atoms with Crippen LogP contribution in [0.3, 0.4) is 0 Å². The van der Waals surface area contributed by atoms with Crippen LogP contribution < -0.4 is 10.1 Å². The van der Waals surface area contributed by atoms with Gasteiger partial charge in [-0.05, 0) is 43.4 Å². The van der Waals surface area contributed by atoms with E-state index < -0.39 is 18.8 Å². The van der Waals surface area contributed by atoms with Crippen LogP contribution >= 0.6 is 0 Å². The molecule has 1 aliphatic heterocycles. The number of amides is 1. The average Bonchev–Trinajstić information content (AvgIpc) is 3.22. The van der Waals surface area contributed by atoms with Gasteiger partial charge in [-0.1, -0.05) is 31.9 Å². The summed E-state index contributed by atoms with van der Waals surface area (Å²) in [6.07, 6.45) is 4.20. The van der Waals surface area contributed by atoms with Gasteiger partial charge in [-0.15, -0.1) is 0 Å². The molecular weight excluding hydrogens is 427 g/mol. The van der Waals surface area contributed by atoms with Crippen molar-refractivity contribution in [1.29, 1.82) is 0 Å². The number of hydrogen-bond acceptors (Lipinski definition) is 6. The van der Waals surface area contributed by atoms with Crippen molar-refractivity contribution < 1.29 is 28.9 Å². The van der Waals surface area contributed by atoms with Crippen LogP contribution in [0.4, 0.5) is 4.39 Å². The second kappa shape index (κ2) is 16.0. The van der Waals surface area contributed by atoms with Gasteiger partial charge in [0.1, 0.15) is 18.5 Å². The van der Waals surface area contributed by atoms with Gasteiger partial charge in [0.25, 0.3) is 0 Å². The highest BCUT2D eigenvalue weighted by atomic mass is 19.1. The first-order valence-electron chi connectivity index (χ1n) is 12.3. The normalized spacial score (nSPS) is 18.2. The quantitative estimate of drug-likeness (QED) is 0.305. The highest BCUT2D eigenvalue weighted by Crippen LogP contribution is 2.23. The fourth-order valence-electron chi connectivity index (χ4n) is 3.91. The van der Waals surface area contributed by atoms with E-state index in [-0.39, 0.29) is 18.6 Å². The van der Waals surface area contributed by atoms with Crippen LogP contribution in [0.15, 0.2) is 24.3 Å². The molecule has 8 heteroatoms. The standard InChI is InChI=1S/C25H41FN2O5/c1-2-3-16-33-22-10-8-20(9-11-22)25(31)23(19-28-14-12-21(29)18-28)27-24(30)7-5-4-6-15-32-17-13-26/h8-11,21,23,25,29,31H,2-7,12-19H2,1H3,(H,27,30)/t21-,23+,25+/m0/s1. The third kappa shape index (κ3) is 10.8. The summed E-state index contributed by atoms with van der Waals surface area (Å²) in [5.74, 6) is 0.654. The van der Waals surface area contributed by atoms with Gasteiger partial charge in [0, 0.05) is 32.7 Å². The molecule has 1 fully saturated rings. The summed E-state index contributed by atoms with van der Waals surface area (Å²) in [5.41, 5.74) is 0.716. The van der Waals surface area contributed by atoms with Gasteiger partial charge in [-0.2, -0.15) is 0 Å². The van der Waals surface area contributed by atoms with E-state index in [0.717, 1.165) is 38.0 Å². The lowest BCUT2D eigenvalue weighted by molar-refractivity contribution is -0.123. The maximum absolute atomic E-state index is 12.6. The number of alkyl halides is 1. The van der Waals surface area contributed by atoms with Crippen molar-refractivity contribution in [1.82, 2.24) is 10.2 Å². The molecule has 3 atom stereocenters. The summed E-state index contributed by atoms with van der Waals surface area (Å²) < 4.78 is 22.8. The predicted molar refractivity (Wildman–Crippen MR) is 126 cm³/mol. The largest absolute Gasteiger partial charge is 0.494 e. The molecule has 0 spiro atoms. The SMILES string of the molecule is CCCCOc1ccc([C@@H](O)[C@@H](CN2CC[C@H](O)C2)NC(=O)CCCCCOCCF)cc1. The van der Waals surface area contributed by atoms with Gasteiger partial charge < -0.3 is 25.0 Å². The van der Waals surface area contributed by atoms with Crippen molar-refractivity contribution in [3.8, 4) is 5.75 Å². The summed E-state index contributed by atoms with van der Waals surface area (Å²) in [6.45, 7) is 4.67. The topological polar surface area (TPSA) is 91.3 Å². The highest BCUT2D eigenvalue weighted by molar-refractivity contribution is 5.76. The average molecular weight is 469 g/mol. The first kappa shape index (κ1) is 27.5. The number of aliphatic hydroxyl groups is 2. The number of halogens is 1. The molecule has 2 rings (SSSR count). The number of carbonyl (C=O) groups excluding carboxylic acids is 1. The Kier molecular flexibility index (Phi) is 13.3. The van der Waals surface area contributed by atoms with Crippen LogP contribution in [0, 0.1) is 0 Å². The maximum Gasteiger partial charge on any atom is 0.220 e. The van der Waals surface area contributed by atoms with Gasteiger partial charge in [0.05, 0.1) is 25.4 Å². The van der Waals surface area contributed by atoms with Crippen LogP contribution in [-0.4, -0.2) is 79.3 Å². The number of nitrogens with one attached hydrogen (secondary N) is 1. The molecule has 0 aliphatic carbocycles. The van der Waals surface area contributed by atoms with Gasteiger partial charge >= 0.3 is 0 Å². The van der Waals surface area contributed by atoms with Crippen LogP contribution in [0.1, 0.15) is 63.5 Å². The van der Waals surface area contributed by atoms with Crippen molar-refractivity contribution in [2.24, 2.45) is 0 Å². The second-order valence-corrected chi connectivity index (χ2v) is 8.70. The van der Waals surface area contributed by atoms with Crippen LogP contribution in [0.2, 0.25) is 0 Å². The number of rotatable bonds is 17. The number of carbonyl (C=O) groups is 1. The summed E-state index contributed by atoms with van der Waals surface area (Å²) in [6, 6.07) is 6.88. The van der Waals surface area contributed by atoms with Crippen molar-refractivity contribution in [2.75, 3.05) is 46.1 Å². The van der Waals surface area contributed by atoms with E-state index in [4.69, 9.17) is 9.47 Å². The number of aliphatic hydroxyl groups excluding tert-OH is 2. The number of likely N-dealkylation sites (tertiary alicyclic amines) is 1. The molecule has 33 heavy (non-hydrogen) atoms. The Balaban J connectivity index is 1.89. The van der Waals surface area contributed by atoms with E-state index in [1.54, 1.807) is 0 Å². The van der Waals surface area contributed by atoms with E-state index in [1.165, 1.54) is 0 Å². The molecule has 0 radical (unpaired) electrons.